The fourth-order valence-electron chi connectivity index (χ4n) is 1.62. The zero-order valence-corrected chi connectivity index (χ0v) is 7.84. The van der Waals surface area contributed by atoms with E-state index in [0.717, 1.165) is 25.9 Å². The summed E-state index contributed by atoms with van der Waals surface area (Å²) in [5.41, 5.74) is 0. The summed E-state index contributed by atoms with van der Waals surface area (Å²) in [6, 6.07) is 0.643. The van der Waals surface area contributed by atoms with E-state index in [4.69, 9.17) is 6.42 Å². The average Bonchev–Trinajstić information content (AvgIpc) is 2.05. The van der Waals surface area contributed by atoms with Crippen LogP contribution in [0, 0.1) is 12.3 Å². The van der Waals surface area contributed by atoms with E-state index in [1.54, 1.807) is 0 Å². The van der Waals surface area contributed by atoms with Gasteiger partial charge < -0.3 is 10.2 Å². The lowest BCUT2D eigenvalue weighted by Crippen LogP contribution is -2.49. The van der Waals surface area contributed by atoms with E-state index in [-0.39, 0.29) is 0 Å². The van der Waals surface area contributed by atoms with Crippen LogP contribution >= 0.6 is 0 Å². The molecule has 2 nitrogen and oxygen atoms in total. The van der Waals surface area contributed by atoms with Crippen LogP contribution in [0.3, 0.4) is 0 Å². The monoisotopic (exact) mass is 166 g/mol. The summed E-state index contributed by atoms with van der Waals surface area (Å²) in [6.45, 7) is 6.86. The number of piperazine rings is 1. The van der Waals surface area contributed by atoms with Gasteiger partial charge >= 0.3 is 0 Å². The van der Waals surface area contributed by atoms with Gasteiger partial charge in [0.1, 0.15) is 0 Å². The second kappa shape index (κ2) is 5.18. The molecule has 1 heterocycles. The van der Waals surface area contributed by atoms with Crippen molar-refractivity contribution in [3.05, 3.63) is 0 Å². The Bertz CT molecular complexity index is 160. The molecule has 1 unspecified atom stereocenters. The van der Waals surface area contributed by atoms with E-state index in [9.17, 15) is 0 Å². The summed E-state index contributed by atoms with van der Waals surface area (Å²) >= 11 is 0. The second-order valence-electron chi connectivity index (χ2n) is 3.46. The minimum absolute atomic E-state index is 0.643. The molecule has 1 aliphatic rings. The lowest BCUT2D eigenvalue weighted by Gasteiger charge is -2.31. The van der Waals surface area contributed by atoms with Gasteiger partial charge in [0.25, 0.3) is 0 Å². The van der Waals surface area contributed by atoms with Crippen molar-refractivity contribution >= 4 is 0 Å². The molecule has 0 aromatic carbocycles. The van der Waals surface area contributed by atoms with Crippen LogP contribution in [0.1, 0.15) is 19.8 Å². The first-order valence-corrected chi connectivity index (χ1v) is 4.72. The highest BCUT2D eigenvalue weighted by Gasteiger charge is 2.13. The molecule has 0 radical (unpaired) electrons. The van der Waals surface area contributed by atoms with E-state index < -0.39 is 0 Å². The maximum atomic E-state index is 5.19. The second-order valence-corrected chi connectivity index (χ2v) is 3.46. The summed E-state index contributed by atoms with van der Waals surface area (Å²) in [7, 11) is 0. The highest BCUT2D eigenvalue weighted by Crippen LogP contribution is 2.00. The number of unbranched alkanes of at least 4 members (excludes halogenated alkanes) is 1. The van der Waals surface area contributed by atoms with Crippen molar-refractivity contribution in [3.63, 3.8) is 0 Å². The predicted molar refractivity (Wildman–Crippen MR) is 52.0 cm³/mol. The highest BCUT2D eigenvalue weighted by atomic mass is 15.2. The molecule has 0 aromatic rings. The smallest absolute Gasteiger partial charge is 0.0167 e. The predicted octanol–water partition coefficient (Wildman–Crippen LogP) is 0.694. The average molecular weight is 166 g/mol. The summed E-state index contributed by atoms with van der Waals surface area (Å²) in [5.74, 6) is 2.68. The van der Waals surface area contributed by atoms with E-state index in [2.05, 4.69) is 23.1 Å². The van der Waals surface area contributed by atoms with Crippen LogP contribution in [0.4, 0.5) is 0 Å². The van der Waals surface area contributed by atoms with Crippen LogP contribution in [-0.4, -0.2) is 37.1 Å². The molecule has 1 saturated heterocycles. The normalized spacial score (nSPS) is 25.2. The molecule has 1 rings (SSSR count). The van der Waals surface area contributed by atoms with Gasteiger partial charge in [0.05, 0.1) is 0 Å². The SMILES string of the molecule is C#CCCCN1CCNC(C)C1. The molecule has 0 amide bonds. The maximum Gasteiger partial charge on any atom is 0.0167 e. The van der Waals surface area contributed by atoms with Crippen molar-refractivity contribution in [1.82, 2.24) is 10.2 Å². The lowest BCUT2D eigenvalue weighted by molar-refractivity contribution is 0.206. The van der Waals surface area contributed by atoms with Crippen LogP contribution in [0.5, 0.6) is 0 Å². The van der Waals surface area contributed by atoms with Gasteiger partial charge in [-0.15, -0.1) is 12.3 Å². The molecule has 1 atom stereocenters. The number of terminal acetylenes is 1. The molecule has 0 spiro atoms. The number of nitrogens with one attached hydrogen (secondary N) is 1. The zero-order chi connectivity index (χ0) is 8.81. The third kappa shape index (κ3) is 3.25. The Balaban J connectivity index is 2.11. The molecule has 0 bridgehead atoms. The molecule has 1 N–H and O–H groups in total. The minimum Gasteiger partial charge on any atom is -0.312 e. The van der Waals surface area contributed by atoms with Gasteiger partial charge in [0.2, 0.25) is 0 Å². The molecular formula is C10H18N2. The maximum absolute atomic E-state index is 5.19. The molecule has 2 heteroatoms. The Morgan fingerprint density at radius 3 is 3.17 bits per heavy atom. The van der Waals surface area contributed by atoms with Crippen LogP contribution in [0.2, 0.25) is 0 Å². The van der Waals surface area contributed by atoms with E-state index >= 15 is 0 Å². The Morgan fingerprint density at radius 1 is 1.67 bits per heavy atom. The van der Waals surface area contributed by atoms with Crippen LogP contribution in [0.15, 0.2) is 0 Å². The quantitative estimate of drug-likeness (QED) is 0.490. The minimum atomic E-state index is 0.643. The Kier molecular flexibility index (Phi) is 4.13. The van der Waals surface area contributed by atoms with Crippen molar-refractivity contribution in [2.24, 2.45) is 0 Å². The molecule has 68 valence electrons. The third-order valence-electron chi connectivity index (χ3n) is 2.25. The van der Waals surface area contributed by atoms with Gasteiger partial charge in [-0.1, -0.05) is 0 Å². The van der Waals surface area contributed by atoms with Crippen LogP contribution in [-0.2, 0) is 0 Å². The molecule has 0 saturated carbocycles. The largest absolute Gasteiger partial charge is 0.312 e. The van der Waals surface area contributed by atoms with Gasteiger partial charge in [0.15, 0.2) is 0 Å². The van der Waals surface area contributed by atoms with E-state index in [1.165, 1.54) is 13.1 Å². The van der Waals surface area contributed by atoms with Gasteiger partial charge in [0, 0.05) is 32.1 Å². The lowest BCUT2D eigenvalue weighted by atomic mass is 10.2. The molecule has 1 aliphatic heterocycles. The fourth-order valence-corrected chi connectivity index (χ4v) is 1.62. The highest BCUT2D eigenvalue weighted by molar-refractivity contribution is 4.84. The van der Waals surface area contributed by atoms with Gasteiger partial charge in [-0.25, -0.2) is 0 Å². The molecular weight excluding hydrogens is 148 g/mol. The summed E-state index contributed by atoms with van der Waals surface area (Å²) < 4.78 is 0. The standard InChI is InChI=1S/C10H18N2/c1-3-4-5-7-12-8-6-11-10(2)9-12/h1,10-11H,4-9H2,2H3. The number of hydrogen-bond acceptors (Lipinski definition) is 2. The molecule has 0 aliphatic carbocycles. The van der Waals surface area contributed by atoms with Crippen molar-refractivity contribution in [1.29, 1.82) is 0 Å². The Labute approximate surface area is 75.3 Å². The topological polar surface area (TPSA) is 15.3 Å². The van der Waals surface area contributed by atoms with Crippen molar-refractivity contribution in [3.8, 4) is 12.3 Å². The van der Waals surface area contributed by atoms with Crippen molar-refractivity contribution in [2.45, 2.75) is 25.8 Å². The van der Waals surface area contributed by atoms with Crippen LogP contribution in [0.25, 0.3) is 0 Å². The first kappa shape index (κ1) is 9.57. The first-order chi connectivity index (χ1) is 5.83. The number of hydrogen-bond donors (Lipinski definition) is 1. The molecule has 1 fully saturated rings. The third-order valence-corrected chi connectivity index (χ3v) is 2.25. The van der Waals surface area contributed by atoms with Gasteiger partial charge in [-0.3, -0.25) is 0 Å². The van der Waals surface area contributed by atoms with Crippen molar-refractivity contribution < 1.29 is 0 Å². The summed E-state index contributed by atoms with van der Waals surface area (Å²) in [5, 5.41) is 3.42. The fraction of sp³-hybridized carbons (Fsp3) is 0.800. The zero-order valence-electron chi connectivity index (χ0n) is 7.84. The first-order valence-electron chi connectivity index (χ1n) is 4.72. The summed E-state index contributed by atoms with van der Waals surface area (Å²) in [4.78, 5) is 2.48. The van der Waals surface area contributed by atoms with E-state index in [1.807, 2.05) is 0 Å². The number of rotatable bonds is 3. The number of nitrogens with zero attached hydrogens (tertiary/aromatic N) is 1. The Hall–Kier alpha value is -0.520. The van der Waals surface area contributed by atoms with E-state index in [0.29, 0.717) is 6.04 Å². The van der Waals surface area contributed by atoms with Gasteiger partial charge in [-0.05, 0) is 19.9 Å². The van der Waals surface area contributed by atoms with Gasteiger partial charge in [-0.2, -0.15) is 0 Å². The van der Waals surface area contributed by atoms with Crippen molar-refractivity contribution in [2.75, 3.05) is 26.2 Å². The summed E-state index contributed by atoms with van der Waals surface area (Å²) in [6.07, 6.45) is 7.25. The Morgan fingerprint density at radius 2 is 2.50 bits per heavy atom. The van der Waals surface area contributed by atoms with Crippen LogP contribution < -0.4 is 5.32 Å². The molecule has 0 aromatic heterocycles. The molecule has 12 heavy (non-hydrogen) atoms.